The van der Waals surface area contributed by atoms with Gasteiger partial charge in [-0.2, -0.15) is 18.4 Å². The Labute approximate surface area is 132 Å². The Kier molecular flexibility index (Phi) is 4.89. The third kappa shape index (κ3) is 3.62. The highest BCUT2D eigenvalue weighted by molar-refractivity contribution is 5.62. The Morgan fingerprint density at radius 3 is 2.57 bits per heavy atom. The summed E-state index contributed by atoms with van der Waals surface area (Å²) in [5, 5.41) is 9.22. The molecule has 0 aliphatic carbocycles. The van der Waals surface area contributed by atoms with Crippen LogP contribution in [-0.4, -0.2) is 12.1 Å². The number of alkyl halides is 3. The lowest BCUT2D eigenvalue weighted by Gasteiger charge is -2.14. The number of halogens is 3. The van der Waals surface area contributed by atoms with Crippen molar-refractivity contribution in [2.24, 2.45) is 0 Å². The molecule has 6 heteroatoms. The van der Waals surface area contributed by atoms with Crippen molar-refractivity contribution in [3.05, 3.63) is 47.7 Å². The van der Waals surface area contributed by atoms with Crippen LogP contribution in [0.1, 0.15) is 30.5 Å². The predicted molar refractivity (Wildman–Crippen MR) is 79.9 cm³/mol. The molecule has 0 fully saturated rings. The molecule has 1 atom stereocenters. The van der Waals surface area contributed by atoms with E-state index in [0.29, 0.717) is 29.1 Å². The fraction of sp³-hybridized carbons (Fsp3) is 0.294. The Morgan fingerprint density at radius 2 is 2.00 bits per heavy atom. The van der Waals surface area contributed by atoms with Crippen LogP contribution in [0.25, 0.3) is 11.3 Å². The van der Waals surface area contributed by atoms with Crippen LogP contribution in [0.2, 0.25) is 0 Å². The van der Waals surface area contributed by atoms with Crippen molar-refractivity contribution in [2.45, 2.75) is 25.4 Å². The first-order valence-electron chi connectivity index (χ1n) is 7.02. The molecular formula is C17H15F3N2O. The number of hydrogen-bond donors (Lipinski definition) is 0. The maximum atomic E-state index is 12.8. The van der Waals surface area contributed by atoms with Gasteiger partial charge < -0.3 is 4.74 Å². The maximum Gasteiger partial charge on any atom is 0.416 e. The lowest BCUT2D eigenvalue weighted by molar-refractivity contribution is -0.137. The average Bonchev–Trinajstić information content (AvgIpc) is 2.55. The minimum Gasteiger partial charge on any atom is -0.495 e. The zero-order valence-electron chi connectivity index (χ0n) is 12.7. The second-order valence-electron chi connectivity index (χ2n) is 4.95. The highest BCUT2D eigenvalue weighted by atomic mass is 19.4. The molecule has 0 aliphatic rings. The van der Waals surface area contributed by atoms with E-state index < -0.39 is 17.7 Å². The highest BCUT2D eigenvalue weighted by Crippen LogP contribution is 2.33. The van der Waals surface area contributed by atoms with Gasteiger partial charge in [0, 0.05) is 5.56 Å². The standard InChI is InChI=1S/C17H15F3N2O/c1-3-11(10-21)16-15(23-2)8-7-14(22-16)12-5-4-6-13(9-12)17(18,19)20/h4-9,11H,3H2,1-2H3. The van der Waals surface area contributed by atoms with Gasteiger partial charge in [0.05, 0.1) is 30.4 Å². The first kappa shape index (κ1) is 16.8. The Hall–Kier alpha value is -2.55. The van der Waals surface area contributed by atoms with E-state index in [1.807, 2.05) is 6.92 Å². The Balaban J connectivity index is 2.53. The van der Waals surface area contributed by atoms with Crippen LogP contribution in [0, 0.1) is 11.3 Å². The van der Waals surface area contributed by atoms with E-state index in [2.05, 4.69) is 11.1 Å². The number of aromatic nitrogens is 1. The van der Waals surface area contributed by atoms with Crippen molar-refractivity contribution < 1.29 is 17.9 Å². The zero-order valence-corrected chi connectivity index (χ0v) is 12.7. The zero-order chi connectivity index (χ0) is 17.0. The molecule has 0 N–H and O–H groups in total. The molecule has 1 aromatic carbocycles. The quantitative estimate of drug-likeness (QED) is 0.813. The van der Waals surface area contributed by atoms with Crippen molar-refractivity contribution in [3.8, 4) is 23.1 Å². The van der Waals surface area contributed by atoms with Crippen molar-refractivity contribution >= 4 is 0 Å². The van der Waals surface area contributed by atoms with E-state index in [1.165, 1.54) is 13.2 Å². The molecule has 0 aliphatic heterocycles. The van der Waals surface area contributed by atoms with Gasteiger partial charge in [0.15, 0.2) is 0 Å². The molecule has 1 aromatic heterocycles. The van der Waals surface area contributed by atoms with Gasteiger partial charge in [-0.25, -0.2) is 4.98 Å². The lowest BCUT2D eigenvalue weighted by atomic mass is 10.0. The summed E-state index contributed by atoms with van der Waals surface area (Å²) in [7, 11) is 1.47. The number of pyridine rings is 1. The van der Waals surface area contributed by atoms with Crippen LogP contribution in [0.15, 0.2) is 36.4 Å². The van der Waals surface area contributed by atoms with E-state index >= 15 is 0 Å². The molecule has 23 heavy (non-hydrogen) atoms. The van der Waals surface area contributed by atoms with E-state index in [0.717, 1.165) is 12.1 Å². The molecule has 120 valence electrons. The first-order valence-corrected chi connectivity index (χ1v) is 7.02. The van der Waals surface area contributed by atoms with Gasteiger partial charge >= 0.3 is 6.18 Å². The van der Waals surface area contributed by atoms with E-state index in [4.69, 9.17) is 4.74 Å². The lowest BCUT2D eigenvalue weighted by Crippen LogP contribution is -2.05. The van der Waals surface area contributed by atoms with Crippen molar-refractivity contribution in [1.29, 1.82) is 5.26 Å². The molecule has 0 radical (unpaired) electrons. The average molecular weight is 320 g/mol. The van der Waals surface area contributed by atoms with E-state index in [-0.39, 0.29) is 0 Å². The highest BCUT2D eigenvalue weighted by Gasteiger charge is 2.30. The van der Waals surface area contributed by atoms with Crippen LogP contribution in [0.5, 0.6) is 5.75 Å². The number of rotatable bonds is 4. The summed E-state index contributed by atoms with van der Waals surface area (Å²) in [5.74, 6) is -0.0233. The minimum atomic E-state index is -4.41. The normalized spacial score (nSPS) is 12.5. The molecular weight excluding hydrogens is 305 g/mol. The number of methoxy groups -OCH3 is 1. The van der Waals surface area contributed by atoms with Gasteiger partial charge in [0.2, 0.25) is 0 Å². The minimum absolute atomic E-state index is 0.344. The van der Waals surface area contributed by atoms with Crippen molar-refractivity contribution in [2.75, 3.05) is 7.11 Å². The van der Waals surface area contributed by atoms with E-state index in [1.54, 1.807) is 18.2 Å². The SMILES string of the molecule is CCC(C#N)c1nc(-c2cccc(C(F)(F)F)c2)ccc1OC. The molecule has 1 unspecified atom stereocenters. The predicted octanol–water partition coefficient (Wildman–Crippen LogP) is 4.79. The number of nitrogens with zero attached hydrogens (tertiary/aromatic N) is 2. The summed E-state index contributed by atoms with van der Waals surface area (Å²) in [6, 6.07) is 10.3. The number of ether oxygens (including phenoxy) is 1. The number of hydrogen-bond acceptors (Lipinski definition) is 3. The molecule has 0 bridgehead atoms. The van der Waals surface area contributed by atoms with Crippen LogP contribution in [-0.2, 0) is 6.18 Å². The molecule has 3 nitrogen and oxygen atoms in total. The summed E-state index contributed by atoms with van der Waals surface area (Å²) < 4.78 is 43.7. The first-order chi connectivity index (χ1) is 10.9. The van der Waals surface area contributed by atoms with E-state index in [9.17, 15) is 18.4 Å². The molecule has 2 rings (SSSR count). The Bertz CT molecular complexity index is 735. The van der Waals surface area contributed by atoms with Crippen molar-refractivity contribution in [1.82, 2.24) is 4.98 Å². The summed E-state index contributed by atoms with van der Waals surface area (Å²) in [6.45, 7) is 1.84. The third-order valence-corrected chi connectivity index (χ3v) is 3.49. The van der Waals surface area contributed by atoms with Gasteiger partial charge in [-0.1, -0.05) is 19.1 Å². The number of nitriles is 1. The van der Waals surface area contributed by atoms with Gasteiger partial charge in [-0.15, -0.1) is 0 Å². The molecule has 1 heterocycles. The second-order valence-corrected chi connectivity index (χ2v) is 4.95. The van der Waals surface area contributed by atoms with Gasteiger partial charge in [-0.3, -0.25) is 0 Å². The Morgan fingerprint density at radius 1 is 1.26 bits per heavy atom. The molecule has 0 spiro atoms. The number of benzene rings is 1. The molecule has 0 saturated carbocycles. The summed E-state index contributed by atoms with van der Waals surface area (Å²) in [5.41, 5.74) is 0.422. The van der Waals surface area contributed by atoms with Crippen LogP contribution in [0.4, 0.5) is 13.2 Å². The summed E-state index contributed by atoms with van der Waals surface area (Å²) in [6.07, 6.45) is -3.88. The second kappa shape index (κ2) is 6.69. The smallest absolute Gasteiger partial charge is 0.416 e. The van der Waals surface area contributed by atoms with Crippen molar-refractivity contribution in [3.63, 3.8) is 0 Å². The largest absolute Gasteiger partial charge is 0.495 e. The fourth-order valence-corrected chi connectivity index (χ4v) is 2.25. The van der Waals surface area contributed by atoms with Crippen LogP contribution >= 0.6 is 0 Å². The summed E-state index contributed by atoms with van der Waals surface area (Å²) >= 11 is 0. The van der Waals surface area contributed by atoms with Crippen LogP contribution < -0.4 is 4.74 Å². The maximum absolute atomic E-state index is 12.8. The van der Waals surface area contributed by atoms with Crippen LogP contribution in [0.3, 0.4) is 0 Å². The van der Waals surface area contributed by atoms with Gasteiger partial charge in [0.1, 0.15) is 11.4 Å². The monoisotopic (exact) mass is 320 g/mol. The summed E-state index contributed by atoms with van der Waals surface area (Å²) in [4.78, 5) is 4.36. The third-order valence-electron chi connectivity index (χ3n) is 3.49. The molecule has 2 aromatic rings. The van der Waals surface area contributed by atoms with Gasteiger partial charge in [-0.05, 0) is 30.7 Å². The molecule has 0 amide bonds. The fourth-order valence-electron chi connectivity index (χ4n) is 2.25. The topological polar surface area (TPSA) is 45.9 Å². The van der Waals surface area contributed by atoms with Gasteiger partial charge in [0.25, 0.3) is 0 Å². The molecule has 0 saturated heterocycles.